The third-order valence-corrected chi connectivity index (χ3v) is 4.28. The van der Waals surface area contributed by atoms with Crippen LogP contribution in [0.4, 0.5) is 0 Å². The number of nitrogens with zero attached hydrogens (tertiary/aromatic N) is 1. The van der Waals surface area contributed by atoms with Gasteiger partial charge in [-0.3, -0.25) is 4.79 Å². The first-order valence-electron chi connectivity index (χ1n) is 7.90. The average molecular weight is 318 g/mol. The molecule has 0 saturated carbocycles. The quantitative estimate of drug-likeness (QED) is 0.900. The van der Waals surface area contributed by atoms with Gasteiger partial charge in [-0.2, -0.15) is 0 Å². The average Bonchev–Trinajstić information content (AvgIpc) is 3.23. The molecule has 0 radical (unpaired) electrons. The lowest BCUT2D eigenvalue weighted by atomic mass is 9.95. The predicted octanol–water partition coefficient (Wildman–Crippen LogP) is 1.87. The molecule has 0 bridgehead atoms. The molecular weight excluding hydrogens is 296 g/mol. The number of oxime groups is 1. The molecule has 1 saturated heterocycles. The summed E-state index contributed by atoms with van der Waals surface area (Å²) in [5, 5.41) is 7.01. The molecule has 23 heavy (non-hydrogen) atoms. The highest BCUT2D eigenvalue weighted by Gasteiger charge is 2.42. The van der Waals surface area contributed by atoms with E-state index in [1.807, 2.05) is 24.3 Å². The lowest BCUT2D eigenvalue weighted by Crippen LogP contribution is -2.46. The van der Waals surface area contributed by atoms with Crippen LogP contribution in [0.5, 0.6) is 5.75 Å². The van der Waals surface area contributed by atoms with E-state index in [2.05, 4.69) is 10.5 Å². The first kappa shape index (κ1) is 15.8. The molecular formula is C17H22N2O4. The van der Waals surface area contributed by atoms with Crippen LogP contribution >= 0.6 is 0 Å². The summed E-state index contributed by atoms with van der Waals surface area (Å²) >= 11 is 0. The number of rotatable bonds is 5. The number of carbonyl (C=O) groups is 1. The van der Waals surface area contributed by atoms with Gasteiger partial charge in [0, 0.05) is 19.6 Å². The minimum absolute atomic E-state index is 0.117. The summed E-state index contributed by atoms with van der Waals surface area (Å²) in [6.07, 6.45) is 2.60. The van der Waals surface area contributed by atoms with E-state index in [9.17, 15) is 4.79 Å². The summed E-state index contributed by atoms with van der Waals surface area (Å²) in [4.78, 5) is 17.9. The molecule has 0 spiro atoms. The molecule has 0 unspecified atom stereocenters. The van der Waals surface area contributed by atoms with Gasteiger partial charge in [0.1, 0.15) is 5.75 Å². The van der Waals surface area contributed by atoms with Crippen molar-refractivity contribution in [3.63, 3.8) is 0 Å². The molecule has 1 aromatic carbocycles. The predicted molar refractivity (Wildman–Crippen MR) is 85.6 cm³/mol. The minimum atomic E-state index is -0.964. The fourth-order valence-electron chi connectivity index (χ4n) is 2.80. The van der Waals surface area contributed by atoms with Crippen molar-refractivity contribution in [2.75, 3.05) is 20.3 Å². The Morgan fingerprint density at radius 2 is 2.22 bits per heavy atom. The molecule has 1 amide bonds. The van der Waals surface area contributed by atoms with Gasteiger partial charge in [0.15, 0.2) is 0 Å². The van der Waals surface area contributed by atoms with E-state index in [0.717, 1.165) is 36.5 Å². The number of hydrogen-bond donors (Lipinski definition) is 1. The molecule has 1 N–H and O–H groups in total. The van der Waals surface area contributed by atoms with E-state index in [0.29, 0.717) is 13.0 Å². The molecule has 1 aromatic rings. The summed E-state index contributed by atoms with van der Waals surface area (Å²) in [6, 6.07) is 7.56. The van der Waals surface area contributed by atoms with Gasteiger partial charge in [-0.1, -0.05) is 5.16 Å². The van der Waals surface area contributed by atoms with Crippen molar-refractivity contribution in [1.29, 1.82) is 0 Å². The molecule has 6 heteroatoms. The Balaban J connectivity index is 1.58. The lowest BCUT2D eigenvalue weighted by molar-refractivity contribution is -0.142. The van der Waals surface area contributed by atoms with Crippen LogP contribution in [0.3, 0.4) is 0 Å². The number of benzene rings is 1. The lowest BCUT2D eigenvalue weighted by Gasteiger charge is -2.21. The highest BCUT2D eigenvalue weighted by atomic mass is 16.7. The Morgan fingerprint density at radius 1 is 1.43 bits per heavy atom. The maximum absolute atomic E-state index is 12.4. The highest BCUT2D eigenvalue weighted by molar-refractivity contribution is 6.05. The second-order valence-corrected chi connectivity index (χ2v) is 6.11. The number of carbonyl (C=O) groups excluding carboxylic acids is 1. The third kappa shape index (κ3) is 3.47. The Hall–Kier alpha value is -2.08. The summed E-state index contributed by atoms with van der Waals surface area (Å²) < 4.78 is 10.7. The van der Waals surface area contributed by atoms with E-state index in [-0.39, 0.29) is 12.0 Å². The Bertz CT molecular complexity index is 593. The second kappa shape index (κ2) is 6.58. The zero-order valence-electron chi connectivity index (χ0n) is 13.5. The van der Waals surface area contributed by atoms with Gasteiger partial charge in [-0.25, -0.2) is 0 Å². The monoisotopic (exact) mass is 318 g/mol. The van der Waals surface area contributed by atoms with Crippen molar-refractivity contribution < 1.29 is 19.1 Å². The van der Waals surface area contributed by atoms with Crippen LogP contribution in [0, 0.1) is 0 Å². The fraction of sp³-hybridized carbons (Fsp3) is 0.529. The number of ether oxygens (including phenoxy) is 2. The number of amides is 1. The normalized spacial score (nSPS) is 26.5. The van der Waals surface area contributed by atoms with Crippen LogP contribution in [0.15, 0.2) is 29.4 Å². The summed E-state index contributed by atoms with van der Waals surface area (Å²) in [5.41, 5.74) is 0.734. The van der Waals surface area contributed by atoms with Crippen molar-refractivity contribution >= 4 is 11.6 Å². The molecule has 124 valence electrons. The highest BCUT2D eigenvalue weighted by Crippen LogP contribution is 2.27. The fourth-order valence-corrected chi connectivity index (χ4v) is 2.80. The molecule has 2 heterocycles. The van der Waals surface area contributed by atoms with Crippen molar-refractivity contribution in [2.24, 2.45) is 5.16 Å². The third-order valence-electron chi connectivity index (χ3n) is 4.28. The first-order chi connectivity index (χ1) is 11.1. The summed E-state index contributed by atoms with van der Waals surface area (Å²) in [6.45, 7) is 3.06. The molecule has 2 aliphatic rings. The molecule has 0 aromatic heterocycles. The second-order valence-electron chi connectivity index (χ2n) is 6.11. The smallest absolute Gasteiger partial charge is 0.267 e. The van der Waals surface area contributed by atoms with Gasteiger partial charge >= 0.3 is 0 Å². The van der Waals surface area contributed by atoms with Crippen molar-refractivity contribution in [3.05, 3.63) is 29.8 Å². The maximum Gasteiger partial charge on any atom is 0.267 e. The molecule has 0 aliphatic carbocycles. The zero-order chi connectivity index (χ0) is 16.3. The van der Waals surface area contributed by atoms with E-state index in [1.54, 1.807) is 14.0 Å². The number of methoxy groups -OCH3 is 1. The zero-order valence-corrected chi connectivity index (χ0v) is 13.5. The van der Waals surface area contributed by atoms with Crippen LogP contribution in [-0.4, -0.2) is 43.6 Å². The molecule has 3 rings (SSSR count). The summed E-state index contributed by atoms with van der Waals surface area (Å²) in [5.74, 6) is 0.630. The topological polar surface area (TPSA) is 69.2 Å². The number of hydrogen-bond acceptors (Lipinski definition) is 5. The van der Waals surface area contributed by atoms with Gasteiger partial charge in [0.25, 0.3) is 5.91 Å². The standard InChI is InChI=1S/C17H22N2O4/c1-17(16(20)18-11-14-4-3-9-22-14)10-15(19-23-17)12-5-7-13(21-2)8-6-12/h5-8,14H,3-4,9-11H2,1-2H3,(H,18,20)/t14-,17-/m1/s1. The Morgan fingerprint density at radius 3 is 2.87 bits per heavy atom. The summed E-state index contributed by atoms with van der Waals surface area (Å²) in [7, 11) is 1.63. The van der Waals surface area contributed by atoms with E-state index >= 15 is 0 Å². The van der Waals surface area contributed by atoms with Gasteiger partial charge in [0.2, 0.25) is 5.60 Å². The van der Waals surface area contributed by atoms with E-state index < -0.39 is 5.60 Å². The molecule has 2 aliphatic heterocycles. The molecule has 6 nitrogen and oxygen atoms in total. The van der Waals surface area contributed by atoms with Crippen LogP contribution in [0.1, 0.15) is 31.7 Å². The van der Waals surface area contributed by atoms with Crippen molar-refractivity contribution in [1.82, 2.24) is 5.32 Å². The van der Waals surface area contributed by atoms with E-state index in [4.69, 9.17) is 14.3 Å². The van der Waals surface area contributed by atoms with Crippen molar-refractivity contribution in [2.45, 2.75) is 37.9 Å². The molecule has 2 atom stereocenters. The minimum Gasteiger partial charge on any atom is -0.497 e. The number of nitrogens with one attached hydrogen (secondary N) is 1. The first-order valence-corrected chi connectivity index (χ1v) is 7.90. The molecule has 1 fully saturated rings. The van der Waals surface area contributed by atoms with Crippen LogP contribution in [0.2, 0.25) is 0 Å². The Kier molecular flexibility index (Phi) is 4.52. The van der Waals surface area contributed by atoms with E-state index in [1.165, 1.54) is 0 Å². The van der Waals surface area contributed by atoms with Crippen molar-refractivity contribution in [3.8, 4) is 5.75 Å². The van der Waals surface area contributed by atoms with Gasteiger partial charge in [-0.15, -0.1) is 0 Å². The van der Waals surface area contributed by atoms with Gasteiger partial charge in [-0.05, 0) is 49.6 Å². The van der Waals surface area contributed by atoms with Gasteiger partial charge < -0.3 is 19.6 Å². The van der Waals surface area contributed by atoms with Crippen LogP contribution < -0.4 is 10.1 Å². The largest absolute Gasteiger partial charge is 0.497 e. The van der Waals surface area contributed by atoms with Crippen LogP contribution in [-0.2, 0) is 14.4 Å². The SMILES string of the molecule is COc1ccc(C2=NO[C@@](C)(C(=O)NC[C@H]3CCCO3)C2)cc1. The van der Waals surface area contributed by atoms with Gasteiger partial charge in [0.05, 0.1) is 18.9 Å². The maximum atomic E-state index is 12.4. The Labute approximate surface area is 135 Å². The van der Waals surface area contributed by atoms with Crippen LogP contribution in [0.25, 0.3) is 0 Å².